The summed E-state index contributed by atoms with van der Waals surface area (Å²) in [5.74, 6) is -2.12. The topological polar surface area (TPSA) is 103 Å². The Balaban J connectivity index is 1.51. The van der Waals surface area contributed by atoms with Gasteiger partial charge in [0.15, 0.2) is 0 Å². The highest BCUT2D eigenvalue weighted by Gasteiger charge is 2.80. The Morgan fingerprint density at radius 2 is 1.76 bits per heavy atom. The zero-order chi connectivity index (χ0) is 32.2. The van der Waals surface area contributed by atoms with Crippen LogP contribution in [0.4, 0.5) is 5.69 Å². The van der Waals surface area contributed by atoms with Crippen molar-refractivity contribution < 1.29 is 29.0 Å². The monoisotopic (exact) mass is 622 g/mol. The number of hydrogen-bond donors (Lipinski definition) is 1. The maximum absolute atomic E-state index is 14.7. The van der Waals surface area contributed by atoms with Crippen LogP contribution in [0.15, 0.2) is 55.6 Å². The number of anilines is 1. The molecule has 1 aromatic rings. The number of carbonyl (C=O) groups is 3. The first kappa shape index (κ1) is 33.3. The van der Waals surface area contributed by atoms with Gasteiger partial charge in [0.2, 0.25) is 17.7 Å². The summed E-state index contributed by atoms with van der Waals surface area (Å²) in [4.78, 5) is 51.5. The lowest BCUT2D eigenvalue weighted by atomic mass is 9.62. The van der Waals surface area contributed by atoms with E-state index in [4.69, 9.17) is 9.47 Å². The number of unbranched alkanes of at least 4 members (excludes halogenated alkanes) is 2. The summed E-state index contributed by atoms with van der Waals surface area (Å²) in [5, 5.41) is 9.38. The van der Waals surface area contributed by atoms with Crippen LogP contribution < -0.4 is 4.90 Å². The number of aliphatic hydroxyl groups excluding tert-OH is 1. The zero-order valence-electron chi connectivity index (χ0n) is 26.9. The van der Waals surface area contributed by atoms with Gasteiger partial charge in [0, 0.05) is 58.1 Å². The fourth-order valence-corrected chi connectivity index (χ4v) is 8.14. The number of hydrogen-bond acceptors (Lipinski definition) is 7. The number of likely N-dealkylation sites (tertiary alicyclic amines) is 1. The molecule has 3 unspecified atom stereocenters. The van der Waals surface area contributed by atoms with Gasteiger partial charge in [-0.15, -0.1) is 13.2 Å². The number of amides is 3. The molecule has 1 aromatic carbocycles. The maximum atomic E-state index is 14.7. The average Bonchev–Trinajstić information content (AvgIpc) is 3.56. The molecule has 0 aromatic heterocycles. The SMILES string of the molecule is C=CCN(CCN1CCOCC1)C(=O)C1N(CCCCCO)C(=O)[C@@H]2[C@H](C(=O)N(CC=C)c3ccccc3)[C@@]3(C)OC12CC3C. The van der Waals surface area contributed by atoms with Crippen molar-refractivity contribution >= 4 is 23.4 Å². The van der Waals surface area contributed by atoms with Gasteiger partial charge in [-0.1, -0.05) is 37.3 Å². The molecule has 5 rings (SSSR count). The maximum Gasteiger partial charge on any atom is 0.248 e. The normalized spacial score (nSPS) is 30.7. The highest BCUT2D eigenvalue weighted by atomic mass is 16.5. The second kappa shape index (κ2) is 14.2. The lowest BCUT2D eigenvalue weighted by Gasteiger charge is -2.39. The van der Waals surface area contributed by atoms with Gasteiger partial charge in [0.05, 0.1) is 30.7 Å². The van der Waals surface area contributed by atoms with Crippen molar-refractivity contribution in [1.29, 1.82) is 0 Å². The van der Waals surface area contributed by atoms with Crippen molar-refractivity contribution in [2.75, 3.05) is 70.5 Å². The fourth-order valence-electron chi connectivity index (χ4n) is 8.14. The van der Waals surface area contributed by atoms with Crippen LogP contribution in [0, 0.1) is 17.8 Å². The summed E-state index contributed by atoms with van der Waals surface area (Å²) in [7, 11) is 0. The minimum Gasteiger partial charge on any atom is -0.396 e. The zero-order valence-corrected chi connectivity index (χ0v) is 26.9. The van der Waals surface area contributed by atoms with Gasteiger partial charge in [0.25, 0.3) is 0 Å². The molecular weight excluding hydrogens is 572 g/mol. The van der Waals surface area contributed by atoms with Gasteiger partial charge in [-0.2, -0.15) is 0 Å². The van der Waals surface area contributed by atoms with Crippen molar-refractivity contribution in [3.8, 4) is 0 Å². The predicted molar refractivity (Wildman–Crippen MR) is 172 cm³/mol. The Labute approximate surface area is 267 Å². The van der Waals surface area contributed by atoms with E-state index < -0.39 is 29.1 Å². The van der Waals surface area contributed by atoms with Gasteiger partial charge in [-0.25, -0.2) is 0 Å². The van der Waals surface area contributed by atoms with E-state index in [0.29, 0.717) is 65.2 Å². The Morgan fingerprint density at radius 3 is 2.42 bits per heavy atom. The number of morpholine rings is 1. The van der Waals surface area contributed by atoms with Crippen LogP contribution in [-0.2, 0) is 23.9 Å². The molecule has 10 heteroatoms. The molecule has 45 heavy (non-hydrogen) atoms. The summed E-state index contributed by atoms with van der Waals surface area (Å²) in [6.07, 6.45) is 5.93. The van der Waals surface area contributed by atoms with Gasteiger partial charge in [0.1, 0.15) is 11.6 Å². The number of aliphatic hydroxyl groups is 1. The second-order valence-electron chi connectivity index (χ2n) is 13.1. The molecule has 0 saturated carbocycles. The van der Waals surface area contributed by atoms with E-state index in [2.05, 4.69) is 25.0 Å². The molecule has 2 bridgehead atoms. The number of rotatable bonds is 15. The van der Waals surface area contributed by atoms with E-state index >= 15 is 0 Å². The van der Waals surface area contributed by atoms with Crippen LogP contribution in [-0.4, -0.2) is 120 Å². The summed E-state index contributed by atoms with van der Waals surface area (Å²) >= 11 is 0. The molecule has 4 aliphatic rings. The number of nitrogens with zero attached hydrogens (tertiary/aromatic N) is 4. The average molecular weight is 623 g/mol. The number of carbonyl (C=O) groups excluding carboxylic acids is 3. The molecule has 1 N–H and O–H groups in total. The summed E-state index contributed by atoms with van der Waals surface area (Å²) in [5.41, 5.74) is -1.30. The van der Waals surface area contributed by atoms with Crippen LogP contribution in [0.1, 0.15) is 39.5 Å². The minimum absolute atomic E-state index is 0.0531. The molecule has 10 nitrogen and oxygen atoms in total. The smallest absolute Gasteiger partial charge is 0.248 e. The molecule has 0 aliphatic carbocycles. The molecule has 4 fully saturated rings. The molecule has 246 valence electrons. The van der Waals surface area contributed by atoms with Crippen molar-refractivity contribution in [2.24, 2.45) is 17.8 Å². The van der Waals surface area contributed by atoms with Gasteiger partial charge in [-0.05, 0) is 50.7 Å². The van der Waals surface area contributed by atoms with E-state index in [1.807, 2.05) is 37.3 Å². The van der Waals surface area contributed by atoms with Crippen molar-refractivity contribution in [3.05, 3.63) is 55.6 Å². The van der Waals surface area contributed by atoms with Crippen LogP contribution in [0.3, 0.4) is 0 Å². The van der Waals surface area contributed by atoms with E-state index in [1.165, 1.54) is 0 Å². The van der Waals surface area contributed by atoms with Gasteiger partial charge < -0.3 is 29.3 Å². The molecule has 4 heterocycles. The van der Waals surface area contributed by atoms with E-state index in [0.717, 1.165) is 25.2 Å². The molecule has 3 amide bonds. The van der Waals surface area contributed by atoms with Crippen LogP contribution in [0.5, 0.6) is 0 Å². The third-order valence-electron chi connectivity index (χ3n) is 10.5. The summed E-state index contributed by atoms with van der Waals surface area (Å²) in [6.45, 7) is 17.1. The van der Waals surface area contributed by atoms with E-state index in [9.17, 15) is 19.5 Å². The van der Waals surface area contributed by atoms with Crippen molar-refractivity contribution in [3.63, 3.8) is 0 Å². The lowest BCUT2D eigenvalue weighted by Crippen LogP contribution is -2.57. The van der Waals surface area contributed by atoms with Crippen LogP contribution in [0.2, 0.25) is 0 Å². The highest BCUT2D eigenvalue weighted by Crippen LogP contribution is 2.65. The lowest BCUT2D eigenvalue weighted by molar-refractivity contribution is -0.152. The number of ether oxygens (including phenoxy) is 2. The van der Waals surface area contributed by atoms with Crippen LogP contribution in [0.25, 0.3) is 0 Å². The Kier molecular flexibility index (Phi) is 10.5. The Bertz CT molecular complexity index is 1240. The first-order valence-electron chi connectivity index (χ1n) is 16.5. The summed E-state index contributed by atoms with van der Waals surface area (Å²) < 4.78 is 12.5. The number of fused-ring (bicyclic) bond motifs is 1. The quantitative estimate of drug-likeness (QED) is 0.237. The minimum atomic E-state index is -1.12. The highest BCUT2D eigenvalue weighted by molar-refractivity contribution is 6.03. The van der Waals surface area contributed by atoms with Crippen LogP contribution >= 0.6 is 0 Å². The van der Waals surface area contributed by atoms with E-state index in [1.54, 1.807) is 26.9 Å². The first-order chi connectivity index (χ1) is 21.7. The predicted octanol–water partition coefficient (Wildman–Crippen LogP) is 2.73. The number of para-hydroxylation sites is 1. The molecule has 1 spiro atoms. The molecule has 6 atom stereocenters. The Hall–Kier alpha value is -3.05. The second-order valence-corrected chi connectivity index (χ2v) is 13.1. The third kappa shape index (κ3) is 6.10. The fraction of sp³-hybridized carbons (Fsp3) is 0.629. The molecular formula is C35H50N4O6. The van der Waals surface area contributed by atoms with Gasteiger partial charge in [-0.3, -0.25) is 19.3 Å². The standard InChI is InChI=1S/C35H50N4O6/c1-5-15-37(19-18-36-20-23-44-24-21-36)33(43)30-35-25-26(3)34(4,45-35)28(29(35)32(42)39(30)17-11-8-12-22-40)31(41)38(16-6-2)27-13-9-7-10-14-27/h5-7,9-10,13-14,26,28-30,40H,1-2,8,11-12,15-25H2,3-4H3/t26?,28-,29+,30?,34+,35?/m1/s1. The van der Waals surface area contributed by atoms with Gasteiger partial charge >= 0.3 is 0 Å². The number of benzene rings is 1. The van der Waals surface area contributed by atoms with Crippen molar-refractivity contribution in [1.82, 2.24) is 14.7 Å². The van der Waals surface area contributed by atoms with Crippen molar-refractivity contribution in [2.45, 2.75) is 56.8 Å². The third-order valence-corrected chi connectivity index (χ3v) is 10.5. The summed E-state index contributed by atoms with van der Waals surface area (Å²) in [6, 6.07) is 8.59. The molecule has 4 aliphatic heterocycles. The first-order valence-corrected chi connectivity index (χ1v) is 16.5. The van der Waals surface area contributed by atoms with E-state index in [-0.39, 0.29) is 30.2 Å². The molecule has 0 radical (unpaired) electrons. The Morgan fingerprint density at radius 1 is 1.04 bits per heavy atom. The largest absolute Gasteiger partial charge is 0.396 e. The molecule has 4 saturated heterocycles.